The molecule has 3 saturated heterocycles. The predicted molar refractivity (Wildman–Crippen MR) is 490 cm³/mol. The van der Waals surface area contributed by atoms with Crippen LogP contribution in [-0.4, -0.2) is 327 Å². The molecule has 44 heteroatoms. The van der Waals surface area contributed by atoms with Gasteiger partial charge in [-0.1, -0.05) is 95.5 Å². The molecule has 6 heterocycles. The van der Waals surface area contributed by atoms with Crippen molar-refractivity contribution in [2.75, 3.05) is 65.4 Å². The molecule has 0 saturated carbocycles. The summed E-state index contributed by atoms with van der Waals surface area (Å²) < 4.78 is 0. The van der Waals surface area contributed by atoms with Gasteiger partial charge in [-0.25, -0.2) is 4.98 Å². The summed E-state index contributed by atoms with van der Waals surface area (Å²) in [5.41, 5.74) is 8.25. The molecule has 3 aliphatic rings. The highest BCUT2D eigenvalue weighted by molar-refractivity contribution is 8.00. The molecule has 6 aromatic rings. The number of imidazole rings is 1. The van der Waals surface area contributed by atoms with Crippen molar-refractivity contribution in [3.8, 4) is 5.75 Å². The number of phenolic OH excluding ortho intramolecular Hbond substituents is 1. The van der Waals surface area contributed by atoms with Crippen LogP contribution in [-0.2, 0) is 112 Å². The predicted octanol–water partition coefficient (Wildman–Crippen LogP) is -2.07. The Kier molecular flexibility index (Phi) is 39.8. The number of phenols is 1. The Hall–Kier alpha value is -13.5. The summed E-state index contributed by atoms with van der Waals surface area (Å²) in [5.74, 6) is -18.6. The molecule has 3 aliphatic heterocycles. The van der Waals surface area contributed by atoms with Gasteiger partial charge in [0, 0.05) is 132 Å². The van der Waals surface area contributed by atoms with Crippen molar-refractivity contribution in [3.05, 3.63) is 120 Å². The highest BCUT2D eigenvalue weighted by Gasteiger charge is 2.47. The normalized spacial score (nSPS) is 24.7. The van der Waals surface area contributed by atoms with Crippen molar-refractivity contribution in [1.29, 1.82) is 0 Å². The standard InChI is InChI=1S/C89H121N21O22S.CH4/c1-9-11-24-69-82(125)97-48(3)76(119)105-68(78(121)95-42-73(90)115)45-133-46-74(116)98-64(33-51-27-29-55(113)30-28-51)85(128)106(6)49(4)77(120)102-66(38-75(117)118)88(131)109-32-18-26-70(109)83(126)101-63(36-54-41-91-47-96-54)80(123)99-61(23-17-31-92-50(5)112)87(130)110-43-56(114)37-72(110)84(127)100-62(34-52-39-93-59-21-15-13-19-57(52)59)79(122)104-67(44-111)81(124)103-65(35-53-40-94-60-22-16-14-20-58(53)60)86(129)108(8)71(25-12-10-2)89(132)107(69)7;/h13-16,19-22,27-30,39-41,47-49,56,61-72,93-94,111,113-114H,9-12,17-18,23-26,31-38,42-46H2,1-8H3,(H2,90,115)(H,91,96)(H,92,112)(H,95,121)(H,97,125)(H,98,116)(H,99,123)(H,100,127)(H,101,126)(H,102,120)(H,103,124)(H,104,122)(H,105,119)(H,117,118);1H4/t48-,49-,56+,61-,62-,63-,64-,65-,66-,67-,68-,69-,70-,71-,72-;/m0./s1. The number of aliphatic hydroxyl groups is 2. The van der Waals surface area contributed by atoms with E-state index in [1.807, 2.05) is 13.8 Å². The van der Waals surface area contributed by atoms with Gasteiger partial charge in [0.1, 0.15) is 90.3 Å². The molecule has 3 aromatic heterocycles. The van der Waals surface area contributed by atoms with E-state index >= 15 is 33.6 Å². The first-order valence-electron chi connectivity index (χ1n) is 44.3. The van der Waals surface area contributed by atoms with Crippen LogP contribution >= 0.6 is 11.8 Å². The number of carbonyl (C=O) groups excluding carboxylic acids is 17. The van der Waals surface area contributed by atoms with Crippen molar-refractivity contribution in [3.63, 3.8) is 0 Å². The summed E-state index contributed by atoms with van der Waals surface area (Å²) in [6, 6.07) is -2.73. The number of aromatic nitrogens is 4. The highest BCUT2D eigenvalue weighted by Crippen LogP contribution is 2.28. The number of para-hydroxylation sites is 2. The van der Waals surface area contributed by atoms with Crippen LogP contribution in [0.25, 0.3) is 21.8 Å². The summed E-state index contributed by atoms with van der Waals surface area (Å²) >= 11 is 0.765. The van der Waals surface area contributed by atoms with Gasteiger partial charge in [0.15, 0.2) is 0 Å². The molecule has 728 valence electrons. The number of aliphatic carboxylic acids is 1. The fourth-order valence-corrected chi connectivity index (χ4v) is 17.1. The minimum Gasteiger partial charge on any atom is -0.508 e. The largest absolute Gasteiger partial charge is 0.508 e. The number of nitrogens with two attached hydrogens (primary N) is 1. The maximum atomic E-state index is 15.6. The molecular formula is C90H125N21O22S. The lowest BCUT2D eigenvalue weighted by Gasteiger charge is -2.36. The number of unbranched alkanes of at least 4 members (excludes halogenated alkanes) is 2. The SMILES string of the molecule is C.CCCC[C@H]1C(=O)N(C)[C@@H](CCCC)C(=O)N[C@@H](C)C(=O)N[C@H](C(=O)NCC(N)=O)CSCC(=O)N[C@@H](Cc2ccc(O)cc2)C(=O)N(C)[C@@H](C)C(=O)N[C@@H](CC(=O)O)C(=O)N2CCC[C@H]2C(=O)N[C@@H](Cc2cnc[nH]2)C(=O)N[C@@H](CCCNC(C)=O)C(=O)N2C[C@H](O)C[C@H]2C(=O)N[C@@H](Cc2c[nH]c3ccccc23)C(=O)N[C@@H](CO)C(=O)N[C@@H](Cc2c[nH]c3ccccc23)C(=O)N1C. The molecule has 0 unspecified atom stereocenters. The number of aromatic hydroxyl groups is 1. The van der Waals surface area contributed by atoms with E-state index in [4.69, 9.17) is 5.73 Å². The van der Waals surface area contributed by atoms with Crippen LogP contribution < -0.4 is 64.2 Å². The number of hydrogen-bond donors (Lipinski definition) is 19. The smallest absolute Gasteiger partial charge is 0.305 e. The van der Waals surface area contributed by atoms with E-state index in [2.05, 4.69) is 78.4 Å². The maximum absolute atomic E-state index is 15.6. The summed E-state index contributed by atoms with van der Waals surface area (Å²) in [6.07, 6.45) is 3.17. The highest BCUT2D eigenvalue weighted by atomic mass is 32.2. The van der Waals surface area contributed by atoms with Gasteiger partial charge >= 0.3 is 5.97 Å². The number of amides is 17. The first kappa shape index (κ1) is 106. The van der Waals surface area contributed by atoms with Gasteiger partial charge < -0.3 is 124 Å². The van der Waals surface area contributed by atoms with Crippen molar-refractivity contribution in [2.45, 2.75) is 235 Å². The Morgan fingerprint density at radius 1 is 0.552 bits per heavy atom. The number of hydrogen-bond acceptors (Lipinski definition) is 23. The zero-order valence-electron chi connectivity index (χ0n) is 75.5. The van der Waals surface area contributed by atoms with E-state index in [0.717, 1.165) is 36.3 Å². The molecule has 0 radical (unpaired) electrons. The number of nitrogens with one attached hydrogen (secondary N) is 14. The molecule has 9 rings (SSSR count). The molecule has 20 N–H and O–H groups in total. The molecule has 0 spiro atoms. The quantitative estimate of drug-likeness (QED) is 0.0290. The summed E-state index contributed by atoms with van der Waals surface area (Å²) in [7, 11) is 3.87. The number of nitrogens with zero attached hydrogens (tertiary/aromatic N) is 6. The van der Waals surface area contributed by atoms with E-state index in [9.17, 15) is 73.2 Å². The van der Waals surface area contributed by atoms with E-state index in [1.54, 1.807) is 60.9 Å². The number of primary amides is 1. The number of rotatable bonds is 24. The summed E-state index contributed by atoms with van der Waals surface area (Å²) in [6.45, 7) is 4.87. The molecule has 134 heavy (non-hydrogen) atoms. The first-order valence-corrected chi connectivity index (χ1v) is 45.4. The van der Waals surface area contributed by atoms with E-state index in [-0.39, 0.29) is 96.2 Å². The molecule has 43 nitrogen and oxygen atoms in total. The molecular weight excluding hydrogens is 1760 g/mol. The molecule has 3 aromatic carbocycles. The minimum absolute atomic E-state index is 0. The number of benzene rings is 3. The number of carbonyl (C=O) groups is 18. The Bertz CT molecular complexity index is 5170. The number of aliphatic hydroxyl groups excluding tert-OH is 2. The molecule has 17 amide bonds. The van der Waals surface area contributed by atoms with Crippen molar-refractivity contribution in [2.24, 2.45) is 5.73 Å². The van der Waals surface area contributed by atoms with Gasteiger partial charge in [0.2, 0.25) is 100 Å². The lowest BCUT2D eigenvalue weighted by Crippen LogP contribution is -2.61. The average Bonchev–Trinajstić information content (AvgIpc) is 1.30. The van der Waals surface area contributed by atoms with Crippen LogP contribution in [0.1, 0.15) is 141 Å². The summed E-state index contributed by atoms with van der Waals surface area (Å²) in [5, 5.41) is 72.9. The number of aromatic amines is 3. The Morgan fingerprint density at radius 3 is 1.69 bits per heavy atom. The van der Waals surface area contributed by atoms with Crippen molar-refractivity contribution in [1.82, 2.24) is 103 Å². The number of carboxylic acids is 1. The Balaban J connectivity index is 0.0000221. The van der Waals surface area contributed by atoms with Crippen LogP contribution in [0.5, 0.6) is 5.75 Å². The van der Waals surface area contributed by atoms with E-state index < -0.39 is 241 Å². The molecule has 0 bridgehead atoms. The number of carboxylic acid groups (broad SMARTS) is 1. The Labute approximate surface area is 778 Å². The topological polar surface area (TPSA) is 623 Å². The summed E-state index contributed by atoms with van der Waals surface area (Å²) in [4.78, 5) is 279. The van der Waals surface area contributed by atoms with Crippen LogP contribution in [0.3, 0.4) is 0 Å². The number of thioether (sulfide) groups is 1. The number of H-pyrrole nitrogens is 3. The second kappa shape index (κ2) is 50.4. The zero-order chi connectivity index (χ0) is 97.0. The second-order valence-electron chi connectivity index (χ2n) is 33.6. The van der Waals surface area contributed by atoms with Crippen LogP contribution in [0.15, 0.2) is 97.7 Å². The maximum Gasteiger partial charge on any atom is 0.305 e. The first-order chi connectivity index (χ1) is 63.4. The number of fused-ring (bicyclic) bond motifs is 4. The van der Waals surface area contributed by atoms with Crippen molar-refractivity contribution >= 4 is 140 Å². The van der Waals surface area contributed by atoms with Crippen molar-refractivity contribution < 1.29 is 107 Å². The molecule has 0 aliphatic carbocycles. The lowest BCUT2D eigenvalue weighted by molar-refractivity contribution is -0.149. The number of likely N-dealkylation sites (N-methyl/N-ethyl adjacent to an activating group) is 3. The second-order valence-corrected chi connectivity index (χ2v) is 34.6. The lowest BCUT2D eigenvalue weighted by atomic mass is 10.00. The average molecular weight is 1890 g/mol. The van der Waals surface area contributed by atoms with Crippen LogP contribution in [0.4, 0.5) is 0 Å². The fraction of sp³-hybridized carbons (Fsp3) is 0.522. The van der Waals surface area contributed by atoms with E-state index in [1.165, 1.54) is 78.7 Å². The molecule has 15 atom stereocenters. The zero-order valence-corrected chi connectivity index (χ0v) is 76.3. The van der Waals surface area contributed by atoms with Crippen LogP contribution in [0.2, 0.25) is 0 Å². The Morgan fingerprint density at radius 2 is 1.10 bits per heavy atom. The third-order valence-corrected chi connectivity index (χ3v) is 24.8. The van der Waals surface area contributed by atoms with Gasteiger partial charge in [-0.05, 0) is 93.3 Å². The van der Waals surface area contributed by atoms with E-state index in [0.29, 0.717) is 64.2 Å². The third kappa shape index (κ3) is 29.0. The minimum atomic E-state index is -1.92. The molecule has 3 fully saturated rings. The third-order valence-electron chi connectivity index (χ3n) is 23.8. The van der Waals surface area contributed by atoms with Crippen LogP contribution in [0, 0.1) is 0 Å². The van der Waals surface area contributed by atoms with Gasteiger partial charge in [0.05, 0.1) is 37.8 Å². The van der Waals surface area contributed by atoms with Gasteiger partial charge in [0.25, 0.3) is 0 Å². The van der Waals surface area contributed by atoms with Gasteiger partial charge in [-0.2, -0.15) is 0 Å². The fourth-order valence-electron chi connectivity index (χ4n) is 16.2. The monoisotopic (exact) mass is 1880 g/mol. The van der Waals surface area contributed by atoms with Gasteiger partial charge in [-0.15, -0.1) is 11.8 Å². The van der Waals surface area contributed by atoms with Gasteiger partial charge in [-0.3, -0.25) is 86.3 Å².